The van der Waals surface area contributed by atoms with Gasteiger partial charge in [-0.1, -0.05) is 39.8 Å². The predicted molar refractivity (Wildman–Crippen MR) is 127 cm³/mol. The van der Waals surface area contributed by atoms with E-state index in [0.717, 1.165) is 6.42 Å². The molecule has 0 aromatic heterocycles. The van der Waals surface area contributed by atoms with Gasteiger partial charge >= 0.3 is 0 Å². The topological polar surface area (TPSA) is 114 Å². The van der Waals surface area contributed by atoms with Gasteiger partial charge in [0.05, 0.1) is 10.6 Å². The summed E-state index contributed by atoms with van der Waals surface area (Å²) in [5.74, 6) is -0.565. The van der Waals surface area contributed by atoms with Crippen LogP contribution in [0, 0.1) is 26.4 Å². The summed E-state index contributed by atoms with van der Waals surface area (Å²) in [6, 6.07) is 13.5. The van der Waals surface area contributed by atoms with E-state index in [2.05, 4.69) is 22.8 Å². The third-order valence-corrected chi connectivity index (χ3v) is 7.95. The molecule has 0 aliphatic heterocycles. The summed E-state index contributed by atoms with van der Waals surface area (Å²) in [5.41, 5.74) is 3.11. The smallest absolute Gasteiger partial charge is 0.269 e. The van der Waals surface area contributed by atoms with Gasteiger partial charge < -0.3 is 5.32 Å². The largest absolute Gasteiger partial charge is 0.325 e. The highest BCUT2D eigenvalue weighted by molar-refractivity contribution is 6.51. The molecule has 2 aromatic rings. The molecule has 172 valence electrons. The zero-order chi connectivity index (χ0) is 24.0. The number of rotatable bonds is 6. The average Bonchev–Trinajstić information content (AvgIpc) is 3.07. The molecule has 2 aliphatic carbocycles. The van der Waals surface area contributed by atoms with Crippen LogP contribution < -0.4 is 10.7 Å². The SMILES string of the molecule is CCc1ccc(NC(=O)C23CCC(C)(/C(=N/Nc4ccc([N+](=O)[O-])cc4)C2=O)C3(C)C)cc1. The number of anilines is 2. The Labute approximate surface area is 192 Å². The Kier molecular flexibility index (Phi) is 5.35. The Morgan fingerprint density at radius 2 is 1.64 bits per heavy atom. The van der Waals surface area contributed by atoms with E-state index in [9.17, 15) is 19.7 Å². The zero-order valence-corrected chi connectivity index (χ0v) is 19.3. The molecule has 0 spiro atoms. The van der Waals surface area contributed by atoms with Crippen LogP contribution in [0.3, 0.4) is 0 Å². The molecule has 2 bridgehead atoms. The number of non-ortho nitro benzene ring substituents is 1. The first-order valence-electron chi connectivity index (χ1n) is 11.1. The van der Waals surface area contributed by atoms with Crippen LogP contribution in [-0.4, -0.2) is 22.3 Å². The number of carbonyl (C=O) groups is 2. The number of hydrazone groups is 1. The fraction of sp³-hybridized carbons (Fsp3) is 0.400. The number of nitro benzene ring substituents is 1. The third-order valence-electron chi connectivity index (χ3n) is 7.95. The maximum absolute atomic E-state index is 13.7. The molecular weight excluding hydrogens is 420 g/mol. The Balaban J connectivity index is 1.63. The standard InChI is InChI=1S/C25H28N4O4/c1-5-16-6-8-17(9-7-16)26-22(31)25-15-14-24(4,23(25,2)3)20(21(25)30)28-27-18-10-12-19(13-11-18)29(32)33/h6-13,27H,5,14-15H2,1-4H3,(H,26,31)/b28-20+. The summed E-state index contributed by atoms with van der Waals surface area (Å²) in [4.78, 5) is 37.6. The van der Waals surface area contributed by atoms with Crippen molar-refractivity contribution in [3.8, 4) is 0 Å². The van der Waals surface area contributed by atoms with Crippen molar-refractivity contribution in [2.24, 2.45) is 21.3 Å². The molecule has 0 heterocycles. The fourth-order valence-corrected chi connectivity index (χ4v) is 5.31. The molecule has 2 N–H and O–H groups in total. The van der Waals surface area contributed by atoms with Gasteiger partial charge in [-0.15, -0.1) is 0 Å². The molecular formula is C25H28N4O4. The van der Waals surface area contributed by atoms with Gasteiger partial charge in [0.25, 0.3) is 5.69 Å². The molecule has 2 aliphatic rings. The zero-order valence-electron chi connectivity index (χ0n) is 19.3. The lowest BCUT2D eigenvalue weighted by Crippen LogP contribution is -2.47. The number of carbonyl (C=O) groups excluding carboxylic acids is 2. The van der Waals surface area contributed by atoms with Gasteiger partial charge in [-0.05, 0) is 54.5 Å². The molecule has 0 saturated heterocycles. The van der Waals surface area contributed by atoms with Crippen LogP contribution in [0.5, 0.6) is 0 Å². The summed E-state index contributed by atoms with van der Waals surface area (Å²) < 4.78 is 0. The average molecular weight is 449 g/mol. The van der Waals surface area contributed by atoms with Crippen molar-refractivity contribution in [2.45, 2.75) is 47.0 Å². The molecule has 2 unspecified atom stereocenters. The summed E-state index contributed by atoms with van der Waals surface area (Å²) in [5, 5.41) is 18.3. The molecule has 2 atom stereocenters. The minimum Gasteiger partial charge on any atom is -0.325 e. The lowest BCUT2D eigenvalue weighted by molar-refractivity contribution is -0.384. The van der Waals surface area contributed by atoms with E-state index < -0.39 is 21.2 Å². The van der Waals surface area contributed by atoms with E-state index in [0.29, 0.717) is 29.9 Å². The van der Waals surface area contributed by atoms with E-state index in [4.69, 9.17) is 0 Å². The van der Waals surface area contributed by atoms with Gasteiger partial charge in [0, 0.05) is 23.2 Å². The number of hydrogen-bond acceptors (Lipinski definition) is 6. The molecule has 2 aromatic carbocycles. The fourth-order valence-electron chi connectivity index (χ4n) is 5.31. The number of amides is 1. The minimum absolute atomic E-state index is 0.0279. The predicted octanol–water partition coefficient (Wildman–Crippen LogP) is 4.96. The highest BCUT2D eigenvalue weighted by atomic mass is 16.6. The number of ketones is 1. The highest BCUT2D eigenvalue weighted by Gasteiger charge is 2.76. The molecule has 1 amide bonds. The highest BCUT2D eigenvalue weighted by Crippen LogP contribution is 2.69. The van der Waals surface area contributed by atoms with E-state index in [1.165, 1.54) is 29.8 Å². The molecule has 4 rings (SSSR count). The van der Waals surface area contributed by atoms with Crippen molar-refractivity contribution in [1.82, 2.24) is 0 Å². The van der Waals surface area contributed by atoms with Crippen molar-refractivity contribution in [2.75, 3.05) is 10.7 Å². The van der Waals surface area contributed by atoms with Gasteiger partial charge in [-0.25, -0.2) is 0 Å². The molecule has 8 nitrogen and oxygen atoms in total. The second-order valence-corrected chi connectivity index (χ2v) is 9.57. The van der Waals surface area contributed by atoms with Crippen molar-refractivity contribution < 1.29 is 14.5 Å². The first-order chi connectivity index (χ1) is 15.6. The lowest BCUT2D eigenvalue weighted by atomic mass is 9.64. The van der Waals surface area contributed by atoms with Crippen molar-refractivity contribution in [3.63, 3.8) is 0 Å². The summed E-state index contributed by atoms with van der Waals surface area (Å²) >= 11 is 0. The van der Waals surface area contributed by atoms with Gasteiger partial charge in [0.15, 0.2) is 5.78 Å². The third kappa shape index (κ3) is 3.23. The van der Waals surface area contributed by atoms with E-state index >= 15 is 0 Å². The Hall–Kier alpha value is -3.55. The monoisotopic (exact) mass is 448 g/mol. The number of nitro groups is 1. The van der Waals surface area contributed by atoms with Gasteiger partial charge in [-0.2, -0.15) is 5.10 Å². The van der Waals surface area contributed by atoms with Gasteiger partial charge in [0.1, 0.15) is 11.1 Å². The maximum atomic E-state index is 13.7. The molecule has 0 radical (unpaired) electrons. The summed E-state index contributed by atoms with van der Waals surface area (Å²) in [6.07, 6.45) is 2.03. The van der Waals surface area contributed by atoms with Crippen LogP contribution >= 0.6 is 0 Å². The maximum Gasteiger partial charge on any atom is 0.269 e. The van der Waals surface area contributed by atoms with Crippen LogP contribution in [0.15, 0.2) is 53.6 Å². The first-order valence-corrected chi connectivity index (χ1v) is 11.1. The van der Waals surface area contributed by atoms with E-state index in [1.807, 2.05) is 45.0 Å². The summed E-state index contributed by atoms with van der Waals surface area (Å²) in [6.45, 7) is 7.98. The van der Waals surface area contributed by atoms with Crippen molar-refractivity contribution in [3.05, 3.63) is 64.2 Å². The molecule has 8 heteroatoms. The molecule has 33 heavy (non-hydrogen) atoms. The van der Waals surface area contributed by atoms with Crippen LogP contribution in [-0.2, 0) is 16.0 Å². The van der Waals surface area contributed by atoms with Crippen LogP contribution in [0.4, 0.5) is 17.1 Å². The second kappa shape index (κ2) is 7.79. The number of hydrogen-bond donors (Lipinski definition) is 2. The quantitative estimate of drug-likeness (QED) is 0.368. The second-order valence-electron chi connectivity index (χ2n) is 9.57. The number of aryl methyl sites for hydroxylation is 1. The lowest BCUT2D eigenvalue weighted by Gasteiger charge is -2.37. The number of nitrogens with zero attached hydrogens (tertiary/aromatic N) is 2. The first kappa shape index (κ1) is 22.6. The molecule has 2 saturated carbocycles. The number of Topliss-reactive ketones (excluding diaryl/α,β-unsaturated/α-hetero) is 1. The van der Waals surface area contributed by atoms with Gasteiger partial charge in [0.2, 0.25) is 5.91 Å². The van der Waals surface area contributed by atoms with Crippen LogP contribution in [0.1, 0.15) is 46.1 Å². The Morgan fingerprint density at radius 3 is 2.21 bits per heavy atom. The van der Waals surface area contributed by atoms with Crippen molar-refractivity contribution >= 4 is 34.5 Å². The van der Waals surface area contributed by atoms with Crippen molar-refractivity contribution in [1.29, 1.82) is 0 Å². The Morgan fingerprint density at radius 1 is 1.03 bits per heavy atom. The van der Waals surface area contributed by atoms with E-state index in [1.54, 1.807) is 0 Å². The summed E-state index contributed by atoms with van der Waals surface area (Å²) in [7, 11) is 0. The van der Waals surface area contributed by atoms with E-state index in [-0.39, 0.29) is 17.4 Å². The van der Waals surface area contributed by atoms with Crippen LogP contribution in [0.25, 0.3) is 0 Å². The number of benzene rings is 2. The normalized spacial score (nSPS) is 26.4. The molecule has 2 fully saturated rings. The van der Waals surface area contributed by atoms with Crippen LogP contribution in [0.2, 0.25) is 0 Å². The number of fused-ring (bicyclic) bond motifs is 2. The van der Waals surface area contributed by atoms with Gasteiger partial charge in [-0.3, -0.25) is 25.1 Å². The number of nitrogens with one attached hydrogen (secondary N) is 2. The minimum atomic E-state index is -1.21. The Bertz CT molecular complexity index is 1150.